The summed E-state index contributed by atoms with van der Waals surface area (Å²) < 4.78 is 0. The molecule has 0 unspecified atom stereocenters. The van der Waals surface area contributed by atoms with E-state index in [0.29, 0.717) is 5.69 Å². The van der Waals surface area contributed by atoms with Gasteiger partial charge in [0.15, 0.2) is 0 Å². The molecule has 0 amide bonds. The van der Waals surface area contributed by atoms with Crippen LogP contribution in [0.3, 0.4) is 0 Å². The molecule has 0 aliphatic carbocycles. The van der Waals surface area contributed by atoms with Crippen LogP contribution in [0, 0.1) is 18.3 Å². The number of piperazine rings is 1. The summed E-state index contributed by atoms with van der Waals surface area (Å²) >= 11 is 1.71. The Labute approximate surface area is 128 Å². The first-order valence-corrected chi connectivity index (χ1v) is 7.87. The van der Waals surface area contributed by atoms with Crippen LogP contribution < -0.4 is 4.90 Å². The molecule has 5 nitrogen and oxygen atoms in total. The minimum Gasteiger partial charge on any atom is -0.368 e. The van der Waals surface area contributed by atoms with Gasteiger partial charge in [-0.05, 0) is 19.1 Å². The number of rotatable bonds is 3. The number of aryl methyl sites for hydroxylation is 1. The predicted octanol–water partition coefficient (Wildman–Crippen LogP) is 2.04. The molecular weight excluding hydrogens is 282 g/mol. The van der Waals surface area contributed by atoms with Gasteiger partial charge in [-0.25, -0.2) is 9.97 Å². The van der Waals surface area contributed by atoms with Gasteiger partial charge in [0.05, 0.1) is 22.6 Å². The Bertz CT molecular complexity index is 635. The molecule has 0 atom stereocenters. The molecule has 0 spiro atoms. The van der Waals surface area contributed by atoms with Crippen LogP contribution in [0.25, 0.3) is 0 Å². The topological polar surface area (TPSA) is 56.1 Å². The second-order valence-corrected chi connectivity index (χ2v) is 6.20. The molecular formula is C15H17N5S. The summed E-state index contributed by atoms with van der Waals surface area (Å²) in [6.45, 7) is 6.99. The van der Waals surface area contributed by atoms with Crippen LogP contribution in [0.5, 0.6) is 0 Å². The van der Waals surface area contributed by atoms with Crippen LogP contribution in [0.1, 0.15) is 16.4 Å². The molecule has 1 saturated heterocycles. The SMILES string of the molecule is Cc1nc(CN2CCN(c3ccc(C#N)nc3)CC2)cs1. The highest BCUT2D eigenvalue weighted by molar-refractivity contribution is 7.09. The standard InChI is InChI=1S/C15H17N5S/c1-12-18-14(11-21-12)10-19-4-6-20(7-5-19)15-3-2-13(8-16)17-9-15/h2-3,9,11H,4-7,10H2,1H3. The highest BCUT2D eigenvalue weighted by atomic mass is 32.1. The van der Waals surface area contributed by atoms with Gasteiger partial charge < -0.3 is 4.90 Å². The van der Waals surface area contributed by atoms with Crippen molar-refractivity contribution < 1.29 is 0 Å². The van der Waals surface area contributed by atoms with E-state index in [9.17, 15) is 0 Å². The fourth-order valence-electron chi connectivity index (χ4n) is 2.51. The predicted molar refractivity (Wildman–Crippen MR) is 83.3 cm³/mol. The lowest BCUT2D eigenvalue weighted by atomic mass is 10.2. The van der Waals surface area contributed by atoms with Crippen molar-refractivity contribution in [2.45, 2.75) is 13.5 Å². The summed E-state index contributed by atoms with van der Waals surface area (Å²) in [5.74, 6) is 0. The molecule has 3 rings (SSSR count). The fourth-order valence-corrected chi connectivity index (χ4v) is 3.12. The van der Waals surface area contributed by atoms with Crippen molar-refractivity contribution >= 4 is 17.0 Å². The molecule has 1 aliphatic rings. The number of thiazole rings is 1. The van der Waals surface area contributed by atoms with Gasteiger partial charge in [-0.15, -0.1) is 11.3 Å². The molecule has 21 heavy (non-hydrogen) atoms. The monoisotopic (exact) mass is 299 g/mol. The quantitative estimate of drug-likeness (QED) is 0.868. The molecule has 0 aromatic carbocycles. The summed E-state index contributed by atoms with van der Waals surface area (Å²) in [6.07, 6.45) is 1.79. The van der Waals surface area contributed by atoms with Gasteiger partial charge in [-0.1, -0.05) is 0 Å². The van der Waals surface area contributed by atoms with Gasteiger partial charge in [0.1, 0.15) is 11.8 Å². The van der Waals surface area contributed by atoms with E-state index in [2.05, 4.69) is 25.1 Å². The zero-order chi connectivity index (χ0) is 14.7. The van der Waals surface area contributed by atoms with E-state index in [1.807, 2.05) is 19.1 Å². The van der Waals surface area contributed by atoms with E-state index in [1.54, 1.807) is 23.6 Å². The molecule has 0 N–H and O–H groups in total. The Hall–Kier alpha value is -1.97. The van der Waals surface area contributed by atoms with E-state index in [4.69, 9.17) is 5.26 Å². The third-order valence-corrected chi connectivity index (χ3v) is 4.47. The van der Waals surface area contributed by atoms with Crippen molar-refractivity contribution in [3.05, 3.63) is 40.1 Å². The Morgan fingerprint density at radius 1 is 1.29 bits per heavy atom. The second kappa shape index (κ2) is 6.20. The maximum atomic E-state index is 8.78. The van der Waals surface area contributed by atoms with Crippen LogP contribution in [-0.4, -0.2) is 41.0 Å². The lowest BCUT2D eigenvalue weighted by Crippen LogP contribution is -2.46. The summed E-state index contributed by atoms with van der Waals surface area (Å²) in [6, 6.07) is 5.80. The average molecular weight is 299 g/mol. The van der Waals surface area contributed by atoms with Crippen molar-refractivity contribution in [1.29, 1.82) is 5.26 Å². The molecule has 6 heteroatoms. The van der Waals surface area contributed by atoms with E-state index in [0.717, 1.165) is 43.4 Å². The van der Waals surface area contributed by atoms with Gasteiger partial charge in [-0.3, -0.25) is 4.90 Å². The third kappa shape index (κ3) is 3.38. The highest BCUT2D eigenvalue weighted by Gasteiger charge is 2.18. The van der Waals surface area contributed by atoms with Crippen LogP contribution in [0.15, 0.2) is 23.7 Å². The Morgan fingerprint density at radius 2 is 2.10 bits per heavy atom. The number of aromatic nitrogens is 2. The molecule has 2 aromatic heterocycles. The minimum absolute atomic E-state index is 0.469. The molecule has 1 fully saturated rings. The lowest BCUT2D eigenvalue weighted by molar-refractivity contribution is 0.247. The molecule has 0 radical (unpaired) electrons. The molecule has 2 aromatic rings. The molecule has 0 saturated carbocycles. The van der Waals surface area contributed by atoms with Gasteiger partial charge in [0, 0.05) is 38.1 Å². The van der Waals surface area contributed by atoms with Gasteiger partial charge in [0.25, 0.3) is 0 Å². The number of nitriles is 1. The number of anilines is 1. The molecule has 1 aliphatic heterocycles. The largest absolute Gasteiger partial charge is 0.368 e. The normalized spacial score (nSPS) is 15.9. The molecule has 3 heterocycles. The first kappa shape index (κ1) is 14.0. The van der Waals surface area contributed by atoms with Crippen molar-refractivity contribution in [2.75, 3.05) is 31.1 Å². The van der Waals surface area contributed by atoms with Crippen LogP contribution in [0.2, 0.25) is 0 Å². The van der Waals surface area contributed by atoms with Crippen LogP contribution >= 0.6 is 11.3 Å². The van der Waals surface area contributed by atoms with Crippen LogP contribution in [0.4, 0.5) is 5.69 Å². The lowest BCUT2D eigenvalue weighted by Gasteiger charge is -2.35. The van der Waals surface area contributed by atoms with Gasteiger partial charge in [0.2, 0.25) is 0 Å². The molecule has 108 valence electrons. The van der Waals surface area contributed by atoms with Gasteiger partial charge in [-0.2, -0.15) is 5.26 Å². The summed E-state index contributed by atoms with van der Waals surface area (Å²) in [5.41, 5.74) is 2.74. The van der Waals surface area contributed by atoms with E-state index in [-0.39, 0.29) is 0 Å². The van der Waals surface area contributed by atoms with E-state index < -0.39 is 0 Å². The first-order chi connectivity index (χ1) is 10.2. The number of hydrogen-bond acceptors (Lipinski definition) is 6. The number of hydrogen-bond donors (Lipinski definition) is 0. The van der Waals surface area contributed by atoms with Crippen molar-refractivity contribution in [3.8, 4) is 6.07 Å². The summed E-state index contributed by atoms with van der Waals surface area (Å²) in [4.78, 5) is 13.4. The highest BCUT2D eigenvalue weighted by Crippen LogP contribution is 2.17. The second-order valence-electron chi connectivity index (χ2n) is 5.13. The van der Waals surface area contributed by atoms with Crippen LogP contribution in [-0.2, 0) is 6.54 Å². The summed E-state index contributed by atoms with van der Waals surface area (Å²) in [5, 5.41) is 12.1. The number of pyridine rings is 1. The minimum atomic E-state index is 0.469. The van der Waals surface area contributed by atoms with Gasteiger partial charge >= 0.3 is 0 Å². The molecule has 0 bridgehead atoms. The Balaban J connectivity index is 1.56. The Kier molecular flexibility index (Phi) is 4.13. The average Bonchev–Trinajstić information content (AvgIpc) is 2.93. The maximum Gasteiger partial charge on any atom is 0.140 e. The summed E-state index contributed by atoms with van der Waals surface area (Å²) in [7, 11) is 0. The zero-order valence-corrected chi connectivity index (χ0v) is 12.8. The van der Waals surface area contributed by atoms with Crippen molar-refractivity contribution in [3.63, 3.8) is 0 Å². The fraction of sp³-hybridized carbons (Fsp3) is 0.400. The maximum absolute atomic E-state index is 8.78. The smallest absolute Gasteiger partial charge is 0.140 e. The number of nitrogens with zero attached hydrogens (tertiary/aromatic N) is 5. The Morgan fingerprint density at radius 3 is 2.67 bits per heavy atom. The zero-order valence-electron chi connectivity index (χ0n) is 12.0. The van der Waals surface area contributed by atoms with E-state index in [1.165, 1.54) is 5.69 Å². The van der Waals surface area contributed by atoms with Crippen molar-refractivity contribution in [2.24, 2.45) is 0 Å². The van der Waals surface area contributed by atoms with Crippen molar-refractivity contribution in [1.82, 2.24) is 14.9 Å². The van der Waals surface area contributed by atoms with E-state index >= 15 is 0 Å². The first-order valence-electron chi connectivity index (χ1n) is 6.99. The third-order valence-electron chi connectivity index (χ3n) is 3.65.